The molecular formula is C10H13BrClNO2S. The van der Waals surface area contributed by atoms with Crippen LogP contribution in [0.4, 0.5) is 0 Å². The van der Waals surface area contributed by atoms with E-state index in [1.54, 1.807) is 0 Å². The van der Waals surface area contributed by atoms with Crippen molar-refractivity contribution < 1.29 is 8.42 Å². The molecule has 1 rings (SSSR count). The van der Waals surface area contributed by atoms with E-state index >= 15 is 0 Å². The fourth-order valence-electron chi connectivity index (χ4n) is 1.11. The fourth-order valence-corrected chi connectivity index (χ4v) is 2.72. The van der Waals surface area contributed by atoms with Gasteiger partial charge in [0.05, 0.1) is 5.75 Å². The Morgan fingerprint density at radius 1 is 1.25 bits per heavy atom. The van der Waals surface area contributed by atoms with Gasteiger partial charge in [-0.25, -0.2) is 13.1 Å². The normalized spacial score (nSPS) is 11.6. The second-order valence-electron chi connectivity index (χ2n) is 3.31. The molecule has 0 saturated carbocycles. The van der Waals surface area contributed by atoms with Crippen molar-refractivity contribution in [2.45, 2.75) is 13.0 Å². The van der Waals surface area contributed by atoms with E-state index in [-0.39, 0.29) is 5.75 Å². The van der Waals surface area contributed by atoms with E-state index < -0.39 is 10.0 Å². The van der Waals surface area contributed by atoms with Gasteiger partial charge in [0.15, 0.2) is 0 Å². The zero-order chi connectivity index (χ0) is 12.0. The molecule has 0 fully saturated rings. The second-order valence-corrected chi connectivity index (χ2v) is 6.53. The first kappa shape index (κ1) is 14.0. The zero-order valence-corrected chi connectivity index (χ0v) is 11.8. The third-order valence-corrected chi connectivity index (χ3v) is 4.16. The summed E-state index contributed by atoms with van der Waals surface area (Å²) in [7, 11) is -3.20. The van der Waals surface area contributed by atoms with Gasteiger partial charge in [-0.1, -0.05) is 28.1 Å². The van der Waals surface area contributed by atoms with Crippen molar-refractivity contribution in [3.63, 3.8) is 0 Å². The Bertz CT molecular complexity index is 419. The number of hydrogen-bond donors (Lipinski definition) is 1. The molecule has 0 aliphatic carbocycles. The summed E-state index contributed by atoms with van der Waals surface area (Å²) in [5, 5.41) is 0. The summed E-state index contributed by atoms with van der Waals surface area (Å²) in [4.78, 5) is 0. The first-order valence-electron chi connectivity index (χ1n) is 4.81. The van der Waals surface area contributed by atoms with Gasteiger partial charge in [0.1, 0.15) is 0 Å². The van der Waals surface area contributed by atoms with Crippen molar-refractivity contribution in [1.82, 2.24) is 4.72 Å². The minimum Gasteiger partial charge on any atom is -0.212 e. The highest BCUT2D eigenvalue weighted by molar-refractivity contribution is 9.10. The highest BCUT2D eigenvalue weighted by Gasteiger charge is 2.08. The van der Waals surface area contributed by atoms with Crippen molar-refractivity contribution in [3.8, 4) is 0 Å². The molecule has 1 aromatic rings. The Kier molecular flexibility index (Phi) is 5.75. The van der Waals surface area contributed by atoms with E-state index in [0.717, 1.165) is 10.0 Å². The number of halogens is 2. The lowest BCUT2D eigenvalue weighted by Gasteiger charge is -2.05. The summed E-state index contributed by atoms with van der Waals surface area (Å²) in [6.45, 7) is 0.317. The summed E-state index contributed by atoms with van der Waals surface area (Å²) in [6.07, 6.45) is 0.469. The molecule has 1 N–H and O–H groups in total. The fraction of sp³-hybridized carbons (Fsp3) is 0.400. The zero-order valence-electron chi connectivity index (χ0n) is 8.62. The van der Waals surface area contributed by atoms with E-state index in [4.69, 9.17) is 11.6 Å². The molecule has 0 aliphatic rings. The van der Waals surface area contributed by atoms with Crippen molar-refractivity contribution >= 4 is 37.6 Å². The lowest BCUT2D eigenvalue weighted by Crippen LogP contribution is -2.26. The van der Waals surface area contributed by atoms with Crippen LogP contribution in [-0.2, 0) is 16.6 Å². The summed E-state index contributed by atoms with van der Waals surface area (Å²) in [5.74, 6) is 0.437. The van der Waals surface area contributed by atoms with Crippen LogP contribution in [-0.4, -0.2) is 20.1 Å². The SMILES string of the molecule is O=S(=O)(CCCCl)NCc1ccc(Br)cc1. The molecule has 90 valence electrons. The largest absolute Gasteiger partial charge is 0.212 e. The van der Waals surface area contributed by atoms with Crippen LogP contribution in [0.3, 0.4) is 0 Å². The van der Waals surface area contributed by atoms with E-state index in [1.807, 2.05) is 24.3 Å². The average molecular weight is 327 g/mol. The first-order valence-corrected chi connectivity index (χ1v) is 7.79. The Morgan fingerprint density at radius 2 is 1.88 bits per heavy atom. The average Bonchev–Trinajstić information content (AvgIpc) is 2.26. The summed E-state index contributed by atoms with van der Waals surface area (Å²) in [6, 6.07) is 7.49. The molecule has 0 radical (unpaired) electrons. The molecule has 3 nitrogen and oxygen atoms in total. The summed E-state index contributed by atoms with van der Waals surface area (Å²) < 4.78 is 26.4. The minimum absolute atomic E-state index is 0.0764. The minimum atomic E-state index is -3.20. The Labute approximate surface area is 109 Å². The maximum atomic E-state index is 11.5. The van der Waals surface area contributed by atoms with E-state index in [9.17, 15) is 8.42 Å². The van der Waals surface area contributed by atoms with Gasteiger partial charge in [-0.3, -0.25) is 0 Å². The first-order chi connectivity index (χ1) is 7.53. The van der Waals surface area contributed by atoms with Crippen LogP contribution in [0.5, 0.6) is 0 Å². The standard InChI is InChI=1S/C10H13BrClNO2S/c11-10-4-2-9(3-5-10)8-13-16(14,15)7-1-6-12/h2-5,13H,1,6-8H2. The van der Waals surface area contributed by atoms with Crippen molar-refractivity contribution in [1.29, 1.82) is 0 Å². The summed E-state index contributed by atoms with van der Waals surface area (Å²) >= 11 is 8.76. The second kappa shape index (κ2) is 6.59. The molecule has 0 heterocycles. The number of sulfonamides is 1. The molecular weight excluding hydrogens is 314 g/mol. The molecule has 0 aromatic heterocycles. The van der Waals surface area contributed by atoms with Gasteiger partial charge in [-0.05, 0) is 24.1 Å². The molecule has 0 amide bonds. The van der Waals surface area contributed by atoms with Gasteiger partial charge in [-0.15, -0.1) is 11.6 Å². The lowest BCUT2D eigenvalue weighted by atomic mass is 10.2. The van der Waals surface area contributed by atoms with Crippen LogP contribution in [0.1, 0.15) is 12.0 Å². The van der Waals surface area contributed by atoms with Crippen LogP contribution in [0.15, 0.2) is 28.7 Å². The molecule has 0 atom stereocenters. The molecule has 0 saturated heterocycles. The van der Waals surface area contributed by atoms with Gasteiger partial charge in [0, 0.05) is 16.9 Å². The highest BCUT2D eigenvalue weighted by Crippen LogP contribution is 2.10. The quantitative estimate of drug-likeness (QED) is 0.816. The topological polar surface area (TPSA) is 46.2 Å². The molecule has 0 spiro atoms. The Hall–Kier alpha value is -0.100. The van der Waals surface area contributed by atoms with Crippen molar-refractivity contribution in [2.24, 2.45) is 0 Å². The highest BCUT2D eigenvalue weighted by atomic mass is 79.9. The van der Waals surface area contributed by atoms with Crippen LogP contribution < -0.4 is 4.72 Å². The number of benzene rings is 1. The Morgan fingerprint density at radius 3 is 2.44 bits per heavy atom. The number of alkyl halides is 1. The monoisotopic (exact) mass is 325 g/mol. The van der Waals surface area contributed by atoms with E-state index in [1.165, 1.54) is 0 Å². The third-order valence-electron chi connectivity index (χ3n) is 1.96. The molecule has 16 heavy (non-hydrogen) atoms. The van der Waals surface area contributed by atoms with Crippen LogP contribution in [0.2, 0.25) is 0 Å². The van der Waals surface area contributed by atoms with E-state index in [2.05, 4.69) is 20.7 Å². The van der Waals surface area contributed by atoms with Gasteiger partial charge in [-0.2, -0.15) is 0 Å². The summed E-state index contributed by atoms with van der Waals surface area (Å²) in [5.41, 5.74) is 0.928. The van der Waals surface area contributed by atoms with Gasteiger partial charge >= 0.3 is 0 Å². The van der Waals surface area contributed by atoms with Gasteiger partial charge in [0.25, 0.3) is 0 Å². The predicted molar refractivity (Wildman–Crippen MR) is 70.1 cm³/mol. The van der Waals surface area contributed by atoms with Crippen LogP contribution >= 0.6 is 27.5 Å². The number of rotatable bonds is 6. The van der Waals surface area contributed by atoms with Crippen molar-refractivity contribution in [3.05, 3.63) is 34.3 Å². The van der Waals surface area contributed by atoms with Gasteiger partial charge in [0.2, 0.25) is 10.0 Å². The molecule has 0 unspecified atom stereocenters. The third kappa shape index (κ3) is 5.30. The number of hydrogen-bond acceptors (Lipinski definition) is 2. The van der Waals surface area contributed by atoms with Gasteiger partial charge < -0.3 is 0 Å². The molecule has 6 heteroatoms. The maximum Gasteiger partial charge on any atom is 0.211 e. The molecule has 1 aromatic carbocycles. The van der Waals surface area contributed by atoms with E-state index in [0.29, 0.717) is 18.8 Å². The maximum absolute atomic E-state index is 11.5. The van der Waals surface area contributed by atoms with Crippen molar-refractivity contribution in [2.75, 3.05) is 11.6 Å². The predicted octanol–water partition coefficient (Wildman–Crippen LogP) is 2.50. The Balaban J connectivity index is 2.48. The number of nitrogens with one attached hydrogen (secondary N) is 1. The van der Waals surface area contributed by atoms with Crippen LogP contribution in [0, 0.1) is 0 Å². The molecule has 0 aliphatic heterocycles. The smallest absolute Gasteiger partial charge is 0.211 e. The lowest BCUT2D eigenvalue weighted by molar-refractivity contribution is 0.580. The molecule has 0 bridgehead atoms. The van der Waals surface area contributed by atoms with Crippen LogP contribution in [0.25, 0.3) is 0 Å².